The minimum atomic E-state index is -0.330. The van der Waals surface area contributed by atoms with Crippen molar-refractivity contribution in [3.05, 3.63) is 101 Å². The van der Waals surface area contributed by atoms with Gasteiger partial charge in [-0.2, -0.15) is 5.26 Å². The van der Waals surface area contributed by atoms with E-state index in [9.17, 15) is 9.18 Å². The largest absolute Gasteiger partial charge is 0.378 e. The summed E-state index contributed by atoms with van der Waals surface area (Å²) in [7, 11) is 0. The molecule has 4 rings (SSSR count). The van der Waals surface area contributed by atoms with Crippen LogP contribution in [0.5, 0.6) is 0 Å². The van der Waals surface area contributed by atoms with Crippen molar-refractivity contribution in [2.75, 3.05) is 31.2 Å². The standard InChI is InChI=1S/C26H24FN3O2/c27-24-3-1-2-22(16-24)19-30(18-21-6-4-20(17-28)5-7-21)26(31)23-8-10-25(11-9-23)29-12-14-32-15-13-29/h1-11,16H,12-15,18-19H2. The quantitative estimate of drug-likeness (QED) is 0.584. The average molecular weight is 429 g/mol. The first kappa shape index (κ1) is 21.5. The third-order valence-electron chi connectivity index (χ3n) is 5.50. The van der Waals surface area contributed by atoms with Crippen LogP contribution in [0.2, 0.25) is 0 Å². The molecular weight excluding hydrogens is 405 g/mol. The zero-order chi connectivity index (χ0) is 22.3. The van der Waals surface area contributed by atoms with E-state index >= 15 is 0 Å². The van der Waals surface area contributed by atoms with Gasteiger partial charge in [-0.05, 0) is 59.7 Å². The molecular formula is C26H24FN3O2. The number of hydrogen-bond acceptors (Lipinski definition) is 4. The molecule has 1 heterocycles. The van der Waals surface area contributed by atoms with Crippen LogP contribution in [0.3, 0.4) is 0 Å². The summed E-state index contributed by atoms with van der Waals surface area (Å²) in [6.45, 7) is 3.70. The van der Waals surface area contributed by atoms with Gasteiger partial charge in [0.05, 0.1) is 24.8 Å². The maximum atomic E-state index is 13.7. The summed E-state index contributed by atoms with van der Waals surface area (Å²) in [5.74, 6) is -0.463. The van der Waals surface area contributed by atoms with Gasteiger partial charge < -0.3 is 14.5 Å². The zero-order valence-electron chi connectivity index (χ0n) is 17.7. The smallest absolute Gasteiger partial charge is 0.254 e. The molecule has 1 saturated heterocycles. The fraction of sp³-hybridized carbons (Fsp3) is 0.231. The normalized spacial score (nSPS) is 13.4. The van der Waals surface area contributed by atoms with E-state index < -0.39 is 0 Å². The SMILES string of the molecule is N#Cc1ccc(CN(Cc2cccc(F)c2)C(=O)c2ccc(N3CCOCC3)cc2)cc1. The Hall–Kier alpha value is -3.69. The number of rotatable bonds is 6. The third-order valence-corrected chi connectivity index (χ3v) is 5.50. The van der Waals surface area contributed by atoms with Crippen molar-refractivity contribution in [1.82, 2.24) is 4.90 Å². The van der Waals surface area contributed by atoms with Gasteiger partial charge in [0.2, 0.25) is 0 Å². The van der Waals surface area contributed by atoms with Gasteiger partial charge >= 0.3 is 0 Å². The molecule has 0 atom stereocenters. The minimum absolute atomic E-state index is 0.132. The predicted octanol–water partition coefficient (Wildman–Crippen LogP) is 4.38. The summed E-state index contributed by atoms with van der Waals surface area (Å²) >= 11 is 0. The van der Waals surface area contributed by atoms with Crippen LogP contribution in [0.15, 0.2) is 72.8 Å². The molecule has 5 nitrogen and oxygen atoms in total. The summed E-state index contributed by atoms with van der Waals surface area (Å²) in [6, 6.07) is 23.1. The second-order valence-electron chi connectivity index (χ2n) is 7.75. The van der Waals surface area contributed by atoms with Gasteiger partial charge in [0, 0.05) is 37.4 Å². The lowest BCUT2D eigenvalue weighted by Gasteiger charge is -2.29. The lowest BCUT2D eigenvalue weighted by molar-refractivity contribution is 0.0730. The number of benzene rings is 3. The number of morpholine rings is 1. The summed E-state index contributed by atoms with van der Waals surface area (Å²) in [5, 5.41) is 9.02. The fourth-order valence-electron chi connectivity index (χ4n) is 3.78. The zero-order valence-corrected chi connectivity index (χ0v) is 17.7. The van der Waals surface area contributed by atoms with Crippen molar-refractivity contribution >= 4 is 11.6 Å². The van der Waals surface area contributed by atoms with Crippen molar-refractivity contribution in [1.29, 1.82) is 5.26 Å². The number of nitriles is 1. The highest BCUT2D eigenvalue weighted by Gasteiger charge is 2.18. The molecule has 1 fully saturated rings. The van der Waals surface area contributed by atoms with Crippen LogP contribution in [-0.4, -0.2) is 37.1 Å². The maximum Gasteiger partial charge on any atom is 0.254 e. The molecule has 3 aromatic rings. The Morgan fingerprint density at radius 2 is 1.66 bits per heavy atom. The number of hydrogen-bond donors (Lipinski definition) is 0. The van der Waals surface area contributed by atoms with Gasteiger partial charge in [0.1, 0.15) is 5.82 Å². The van der Waals surface area contributed by atoms with E-state index in [1.54, 1.807) is 23.1 Å². The van der Waals surface area contributed by atoms with Crippen LogP contribution in [-0.2, 0) is 17.8 Å². The maximum absolute atomic E-state index is 13.7. The highest BCUT2D eigenvalue weighted by atomic mass is 19.1. The van der Waals surface area contributed by atoms with Gasteiger partial charge in [-0.3, -0.25) is 4.79 Å². The van der Waals surface area contributed by atoms with Gasteiger partial charge in [-0.15, -0.1) is 0 Å². The minimum Gasteiger partial charge on any atom is -0.378 e. The number of carbonyl (C=O) groups is 1. The van der Waals surface area contributed by atoms with Gasteiger partial charge in [-0.25, -0.2) is 4.39 Å². The molecule has 0 N–H and O–H groups in total. The number of halogens is 1. The van der Waals surface area contributed by atoms with Crippen molar-refractivity contribution in [2.45, 2.75) is 13.1 Å². The first-order valence-corrected chi connectivity index (χ1v) is 10.6. The van der Waals surface area contributed by atoms with E-state index in [1.807, 2.05) is 42.5 Å². The van der Waals surface area contributed by atoms with Crippen molar-refractivity contribution in [3.63, 3.8) is 0 Å². The summed E-state index contributed by atoms with van der Waals surface area (Å²) in [5.41, 5.74) is 3.83. The van der Waals surface area contributed by atoms with E-state index in [0.717, 1.165) is 29.9 Å². The molecule has 1 aliphatic heterocycles. The van der Waals surface area contributed by atoms with Crippen LogP contribution in [0.1, 0.15) is 27.0 Å². The number of carbonyl (C=O) groups excluding carboxylic acids is 1. The fourth-order valence-corrected chi connectivity index (χ4v) is 3.78. The average Bonchev–Trinajstić information content (AvgIpc) is 2.84. The van der Waals surface area contributed by atoms with Crippen LogP contribution >= 0.6 is 0 Å². The second-order valence-corrected chi connectivity index (χ2v) is 7.75. The number of ether oxygens (including phenoxy) is 1. The first-order valence-electron chi connectivity index (χ1n) is 10.6. The Labute approximate surface area is 187 Å². The molecule has 0 spiro atoms. The van der Waals surface area contributed by atoms with Gasteiger partial charge in [0.25, 0.3) is 5.91 Å². The third kappa shape index (κ3) is 5.32. The predicted molar refractivity (Wildman–Crippen MR) is 121 cm³/mol. The van der Waals surface area contributed by atoms with Crippen LogP contribution in [0.4, 0.5) is 10.1 Å². The van der Waals surface area contributed by atoms with E-state index in [4.69, 9.17) is 10.00 Å². The molecule has 1 amide bonds. The molecule has 1 aliphatic rings. The molecule has 0 aromatic heterocycles. The van der Waals surface area contributed by atoms with E-state index in [0.29, 0.717) is 30.9 Å². The molecule has 0 radical (unpaired) electrons. The monoisotopic (exact) mass is 429 g/mol. The molecule has 162 valence electrons. The molecule has 6 heteroatoms. The number of nitrogens with zero attached hydrogens (tertiary/aromatic N) is 3. The molecule has 0 unspecified atom stereocenters. The molecule has 0 saturated carbocycles. The first-order chi connectivity index (χ1) is 15.6. The topological polar surface area (TPSA) is 56.6 Å². The second kappa shape index (κ2) is 10.1. The van der Waals surface area contributed by atoms with Crippen LogP contribution in [0, 0.1) is 17.1 Å². The number of amides is 1. The Bertz CT molecular complexity index is 1100. The van der Waals surface area contributed by atoms with E-state index in [1.165, 1.54) is 12.1 Å². The highest BCUT2D eigenvalue weighted by Crippen LogP contribution is 2.20. The molecule has 3 aromatic carbocycles. The van der Waals surface area contributed by atoms with Crippen LogP contribution < -0.4 is 4.90 Å². The Balaban J connectivity index is 1.56. The van der Waals surface area contributed by atoms with E-state index in [-0.39, 0.29) is 18.3 Å². The Kier molecular flexibility index (Phi) is 6.78. The molecule has 0 bridgehead atoms. The molecule has 0 aliphatic carbocycles. The van der Waals surface area contributed by atoms with E-state index in [2.05, 4.69) is 11.0 Å². The molecule has 32 heavy (non-hydrogen) atoms. The van der Waals surface area contributed by atoms with Gasteiger partial charge in [-0.1, -0.05) is 24.3 Å². The van der Waals surface area contributed by atoms with Crippen molar-refractivity contribution in [3.8, 4) is 6.07 Å². The van der Waals surface area contributed by atoms with Crippen molar-refractivity contribution in [2.24, 2.45) is 0 Å². The Morgan fingerprint density at radius 1 is 0.969 bits per heavy atom. The highest BCUT2D eigenvalue weighted by molar-refractivity contribution is 5.94. The summed E-state index contributed by atoms with van der Waals surface area (Å²) in [6.07, 6.45) is 0. The Morgan fingerprint density at radius 3 is 2.31 bits per heavy atom. The number of anilines is 1. The summed E-state index contributed by atoms with van der Waals surface area (Å²) in [4.78, 5) is 17.3. The van der Waals surface area contributed by atoms with Gasteiger partial charge in [0.15, 0.2) is 0 Å². The van der Waals surface area contributed by atoms with Crippen molar-refractivity contribution < 1.29 is 13.9 Å². The lowest BCUT2D eigenvalue weighted by atomic mass is 10.1. The lowest BCUT2D eigenvalue weighted by Crippen LogP contribution is -2.36. The summed E-state index contributed by atoms with van der Waals surface area (Å²) < 4.78 is 19.1. The van der Waals surface area contributed by atoms with Crippen LogP contribution in [0.25, 0.3) is 0 Å².